The second kappa shape index (κ2) is 6.45. The zero-order valence-electron chi connectivity index (χ0n) is 17.4. The Labute approximate surface area is 181 Å². The Morgan fingerprint density at radius 1 is 1.00 bits per heavy atom. The number of nitrogens with zero attached hydrogens (tertiary/aromatic N) is 2. The lowest BCUT2D eigenvalue weighted by Crippen LogP contribution is -2.51. The lowest BCUT2D eigenvalue weighted by molar-refractivity contribution is -0.122. The van der Waals surface area contributed by atoms with Gasteiger partial charge in [0.2, 0.25) is 5.91 Å². The van der Waals surface area contributed by atoms with Gasteiger partial charge in [0.25, 0.3) is 5.91 Å². The van der Waals surface area contributed by atoms with Gasteiger partial charge in [-0.3, -0.25) is 14.5 Å². The molecule has 1 unspecified atom stereocenters. The molecule has 154 valence electrons. The van der Waals surface area contributed by atoms with Crippen molar-refractivity contribution in [1.82, 2.24) is 5.32 Å². The Hall–Kier alpha value is -3.60. The van der Waals surface area contributed by atoms with Crippen molar-refractivity contribution in [2.75, 3.05) is 16.3 Å². The minimum Gasteiger partial charge on any atom is -0.340 e. The lowest BCUT2D eigenvalue weighted by Gasteiger charge is -2.31. The van der Waals surface area contributed by atoms with Crippen LogP contribution in [0.3, 0.4) is 0 Å². The number of carbonyl (C=O) groups is 2. The third kappa shape index (κ3) is 2.56. The average molecular weight is 409 g/mol. The van der Waals surface area contributed by atoms with Crippen molar-refractivity contribution in [3.05, 3.63) is 77.5 Å². The second-order valence-electron chi connectivity index (χ2n) is 8.69. The van der Waals surface area contributed by atoms with Gasteiger partial charge in [0, 0.05) is 34.4 Å². The predicted molar refractivity (Wildman–Crippen MR) is 123 cm³/mol. The molecular weight excluding hydrogens is 386 g/mol. The summed E-state index contributed by atoms with van der Waals surface area (Å²) in [4.78, 5) is 30.1. The van der Waals surface area contributed by atoms with Crippen molar-refractivity contribution in [1.29, 1.82) is 0 Å². The van der Waals surface area contributed by atoms with Crippen molar-refractivity contribution in [3.8, 4) is 0 Å². The Bertz CT molecular complexity index is 1310. The van der Waals surface area contributed by atoms with E-state index in [1.807, 2.05) is 18.2 Å². The van der Waals surface area contributed by atoms with Gasteiger partial charge in [0.05, 0.1) is 11.3 Å². The second-order valence-corrected chi connectivity index (χ2v) is 8.69. The van der Waals surface area contributed by atoms with E-state index in [0.29, 0.717) is 24.1 Å². The molecule has 0 saturated carbocycles. The van der Waals surface area contributed by atoms with Gasteiger partial charge in [-0.05, 0) is 61.6 Å². The molecule has 1 fully saturated rings. The Balaban J connectivity index is 1.50. The number of nitrogens with one attached hydrogen (secondary N) is 1. The number of aryl methyl sites for hydroxylation is 1. The van der Waals surface area contributed by atoms with Crippen molar-refractivity contribution in [2.45, 2.75) is 32.2 Å². The topological polar surface area (TPSA) is 52.7 Å². The van der Waals surface area contributed by atoms with Crippen LogP contribution in [0.25, 0.3) is 10.8 Å². The first kappa shape index (κ1) is 18.2. The molecule has 0 aromatic heterocycles. The number of fused-ring (bicyclic) bond motifs is 1. The predicted octanol–water partition coefficient (Wildman–Crippen LogP) is 4.59. The molecule has 5 heteroatoms. The van der Waals surface area contributed by atoms with Crippen LogP contribution in [0.2, 0.25) is 0 Å². The van der Waals surface area contributed by atoms with E-state index in [4.69, 9.17) is 0 Å². The van der Waals surface area contributed by atoms with Crippen LogP contribution in [-0.4, -0.2) is 24.4 Å². The summed E-state index contributed by atoms with van der Waals surface area (Å²) in [5, 5.41) is 4.83. The summed E-state index contributed by atoms with van der Waals surface area (Å²) in [7, 11) is 0. The quantitative estimate of drug-likeness (QED) is 0.673. The zero-order valence-corrected chi connectivity index (χ0v) is 17.4. The van der Waals surface area contributed by atoms with E-state index in [1.54, 1.807) is 4.90 Å². The molecule has 1 N–H and O–H groups in total. The molecule has 3 aliphatic rings. The van der Waals surface area contributed by atoms with Gasteiger partial charge in [-0.15, -0.1) is 0 Å². The highest BCUT2D eigenvalue weighted by atomic mass is 16.2. The van der Waals surface area contributed by atoms with E-state index in [-0.39, 0.29) is 11.8 Å². The summed E-state index contributed by atoms with van der Waals surface area (Å²) in [6.07, 6.45) is 2.28. The van der Waals surface area contributed by atoms with Gasteiger partial charge in [0.1, 0.15) is 6.04 Å². The summed E-state index contributed by atoms with van der Waals surface area (Å²) in [6.45, 7) is 6.90. The fourth-order valence-corrected chi connectivity index (χ4v) is 5.28. The number of rotatable bonds is 2. The van der Waals surface area contributed by atoms with E-state index in [0.717, 1.165) is 35.1 Å². The minimum atomic E-state index is -0.505. The van der Waals surface area contributed by atoms with Gasteiger partial charge in [-0.2, -0.15) is 0 Å². The van der Waals surface area contributed by atoms with E-state index in [2.05, 4.69) is 54.1 Å². The SMILES string of the molecule is C=C1CCC(N2C(=O)c3ccc(N4CCc5ccc(C)cc54)c4cccc2c34)C(=O)N1. The van der Waals surface area contributed by atoms with Crippen molar-refractivity contribution >= 4 is 39.6 Å². The van der Waals surface area contributed by atoms with E-state index < -0.39 is 6.04 Å². The Morgan fingerprint density at radius 3 is 2.71 bits per heavy atom. The van der Waals surface area contributed by atoms with Gasteiger partial charge in [-0.25, -0.2) is 0 Å². The summed E-state index contributed by atoms with van der Waals surface area (Å²) in [6, 6.07) is 16.1. The maximum atomic E-state index is 13.4. The standard InChI is InChI=1S/C26H23N3O2/c1-15-6-8-17-12-13-28(23(17)14-15)20-11-9-19-24-18(20)4-3-5-21(24)29(26(19)31)22-10-7-16(2)27-25(22)30/h3-6,8-9,11,14,22H,2,7,10,12-13H2,1H3,(H,27,30). The Kier molecular flexibility index (Phi) is 3.78. The maximum absolute atomic E-state index is 13.4. The van der Waals surface area contributed by atoms with E-state index >= 15 is 0 Å². The van der Waals surface area contributed by atoms with Crippen LogP contribution in [0.4, 0.5) is 17.1 Å². The smallest absolute Gasteiger partial charge is 0.259 e. The van der Waals surface area contributed by atoms with Crippen LogP contribution < -0.4 is 15.1 Å². The third-order valence-electron chi connectivity index (χ3n) is 6.77. The van der Waals surface area contributed by atoms with Crippen LogP contribution in [0.15, 0.2) is 60.8 Å². The molecular formula is C26H23N3O2. The van der Waals surface area contributed by atoms with E-state index in [1.165, 1.54) is 16.8 Å². The first-order chi connectivity index (χ1) is 15.0. The highest BCUT2D eigenvalue weighted by Crippen LogP contribution is 2.46. The number of carbonyl (C=O) groups excluding carboxylic acids is 2. The molecule has 0 bridgehead atoms. The number of piperidine rings is 1. The van der Waals surface area contributed by atoms with Crippen molar-refractivity contribution in [3.63, 3.8) is 0 Å². The molecule has 3 aromatic rings. The fourth-order valence-electron chi connectivity index (χ4n) is 5.28. The Morgan fingerprint density at radius 2 is 1.87 bits per heavy atom. The van der Waals surface area contributed by atoms with Crippen LogP contribution in [0, 0.1) is 6.92 Å². The van der Waals surface area contributed by atoms with Crippen LogP contribution >= 0.6 is 0 Å². The van der Waals surface area contributed by atoms with Crippen molar-refractivity contribution in [2.24, 2.45) is 0 Å². The van der Waals surface area contributed by atoms with Crippen LogP contribution in [-0.2, 0) is 11.2 Å². The fraction of sp³-hybridized carbons (Fsp3) is 0.231. The number of allylic oxidation sites excluding steroid dienone is 1. The summed E-state index contributed by atoms with van der Waals surface area (Å²) in [5.74, 6) is -0.248. The summed E-state index contributed by atoms with van der Waals surface area (Å²) < 4.78 is 0. The summed E-state index contributed by atoms with van der Waals surface area (Å²) in [5.41, 5.74) is 7.17. The van der Waals surface area contributed by atoms with Gasteiger partial charge < -0.3 is 10.2 Å². The lowest BCUT2D eigenvalue weighted by atomic mass is 10.0. The van der Waals surface area contributed by atoms with Gasteiger partial charge >= 0.3 is 0 Å². The molecule has 1 saturated heterocycles. The maximum Gasteiger partial charge on any atom is 0.259 e. The van der Waals surface area contributed by atoms with Crippen LogP contribution in [0.5, 0.6) is 0 Å². The molecule has 0 spiro atoms. The number of benzene rings is 3. The minimum absolute atomic E-state index is 0.0944. The molecule has 0 radical (unpaired) electrons. The first-order valence-electron chi connectivity index (χ1n) is 10.8. The highest BCUT2D eigenvalue weighted by molar-refractivity contribution is 6.28. The van der Waals surface area contributed by atoms with E-state index in [9.17, 15) is 9.59 Å². The van der Waals surface area contributed by atoms with Crippen LogP contribution in [0.1, 0.15) is 34.3 Å². The average Bonchev–Trinajstić information content (AvgIpc) is 3.29. The molecule has 3 aliphatic heterocycles. The summed E-state index contributed by atoms with van der Waals surface area (Å²) >= 11 is 0. The number of hydrogen-bond acceptors (Lipinski definition) is 3. The van der Waals surface area contributed by atoms with Gasteiger partial charge in [-0.1, -0.05) is 30.8 Å². The molecule has 31 heavy (non-hydrogen) atoms. The molecule has 3 aromatic carbocycles. The largest absolute Gasteiger partial charge is 0.340 e. The van der Waals surface area contributed by atoms with Gasteiger partial charge in [0.15, 0.2) is 0 Å². The zero-order chi connectivity index (χ0) is 21.3. The molecule has 6 rings (SSSR count). The number of amides is 2. The normalized spacial score (nSPS) is 19.9. The highest BCUT2D eigenvalue weighted by Gasteiger charge is 2.40. The first-order valence-corrected chi connectivity index (χ1v) is 10.8. The molecule has 2 amide bonds. The molecule has 3 heterocycles. The molecule has 0 aliphatic carbocycles. The molecule has 5 nitrogen and oxygen atoms in total. The number of anilines is 3. The third-order valence-corrected chi connectivity index (χ3v) is 6.77. The number of hydrogen-bond donors (Lipinski definition) is 1. The monoisotopic (exact) mass is 409 g/mol. The van der Waals surface area contributed by atoms with Crippen molar-refractivity contribution < 1.29 is 9.59 Å². The molecule has 1 atom stereocenters.